The molecule has 5 aliphatic rings. The number of rotatable bonds is 2. The van der Waals surface area contributed by atoms with E-state index >= 15 is 0 Å². The number of piperidine rings is 1. The molecule has 2 amide bonds. The molecular formula is C16H24N2O2. The summed E-state index contributed by atoms with van der Waals surface area (Å²) in [4.78, 5) is 24.7. The van der Waals surface area contributed by atoms with Crippen LogP contribution in [0.25, 0.3) is 0 Å². The summed E-state index contributed by atoms with van der Waals surface area (Å²) in [7, 11) is 0. The Morgan fingerprint density at radius 1 is 1.10 bits per heavy atom. The molecule has 0 radical (unpaired) electrons. The second kappa shape index (κ2) is 4.47. The van der Waals surface area contributed by atoms with E-state index < -0.39 is 0 Å². The summed E-state index contributed by atoms with van der Waals surface area (Å²) in [5, 5.41) is 5.93. The van der Waals surface area contributed by atoms with Gasteiger partial charge in [0, 0.05) is 12.0 Å². The lowest BCUT2D eigenvalue weighted by atomic mass is 9.49. The minimum Gasteiger partial charge on any atom is -0.354 e. The fraction of sp³-hybridized carbons (Fsp3) is 0.875. The molecule has 110 valence electrons. The highest BCUT2D eigenvalue weighted by atomic mass is 16.2. The summed E-state index contributed by atoms with van der Waals surface area (Å²) in [6.45, 7) is 0.753. The van der Waals surface area contributed by atoms with Gasteiger partial charge in [0.15, 0.2) is 0 Å². The molecule has 1 saturated heterocycles. The summed E-state index contributed by atoms with van der Waals surface area (Å²) in [5.41, 5.74) is -0.132. The van der Waals surface area contributed by atoms with Crippen molar-refractivity contribution < 1.29 is 9.59 Å². The van der Waals surface area contributed by atoms with Gasteiger partial charge >= 0.3 is 0 Å². The number of nitrogens with one attached hydrogen (secondary N) is 2. The fourth-order valence-electron chi connectivity index (χ4n) is 5.61. The van der Waals surface area contributed by atoms with Crippen LogP contribution in [0.2, 0.25) is 0 Å². The topological polar surface area (TPSA) is 58.2 Å². The van der Waals surface area contributed by atoms with Crippen molar-refractivity contribution in [2.24, 2.45) is 23.2 Å². The molecule has 0 aromatic rings. The quantitative estimate of drug-likeness (QED) is 0.805. The van der Waals surface area contributed by atoms with Crippen LogP contribution < -0.4 is 10.6 Å². The number of carbonyl (C=O) groups excluding carboxylic acids is 2. The van der Waals surface area contributed by atoms with Gasteiger partial charge in [-0.15, -0.1) is 0 Å². The molecule has 2 N–H and O–H groups in total. The SMILES string of the molecule is O=C1NCCC[C@@H]1NC(=O)C12CC3CC(CC(C3)C1)C2. The molecule has 0 aromatic carbocycles. The second-order valence-electron chi connectivity index (χ2n) is 7.66. The molecule has 1 heterocycles. The van der Waals surface area contributed by atoms with Gasteiger partial charge in [-0.05, 0) is 69.1 Å². The molecule has 1 atom stereocenters. The van der Waals surface area contributed by atoms with E-state index in [0.29, 0.717) is 0 Å². The van der Waals surface area contributed by atoms with Crippen LogP contribution in [-0.2, 0) is 9.59 Å². The fourth-order valence-corrected chi connectivity index (χ4v) is 5.61. The van der Waals surface area contributed by atoms with E-state index in [-0.39, 0.29) is 23.3 Å². The average molecular weight is 276 g/mol. The first-order chi connectivity index (χ1) is 9.64. The molecule has 0 unspecified atom stereocenters. The Kier molecular flexibility index (Phi) is 2.83. The lowest BCUT2D eigenvalue weighted by Gasteiger charge is -2.55. The van der Waals surface area contributed by atoms with Crippen LogP contribution in [-0.4, -0.2) is 24.4 Å². The van der Waals surface area contributed by atoms with Gasteiger partial charge in [-0.3, -0.25) is 9.59 Å². The summed E-state index contributed by atoms with van der Waals surface area (Å²) < 4.78 is 0. The molecular weight excluding hydrogens is 252 g/mol. The minimum atomic E-state index is -0.288. The summed E-state index contributed by atoms with van der Waals surface area (Å²) in [6.07, 6.45) is 9.00. The first kappa shape index (κ1) is 12.7. The van der Waals surface area contributed by atoms with Crippen molar-refractivity contribution in [1.29, 1.82) is 0 Å². The van der Waals surface area contributed by atoms with Crippen LogP contribution in [0, 0.1) is 23.2 Å². The maximum atomic E-state index is 12.8. The van der Waals surface area contributed by atoms with Crippen LogP contribution in [0.3, 0.4) is 0 Å². The standard InChI is InChI=1S/C16H24N2O2/c19-14-13(2-1-3-17-14)18-15(20)16-7-10-4-11(8-16)6-12(5-10)9-16/h10-13H,1-9H2,(H,17,19)(H,18,20)/t10?,11?,12?,13-,16?/m0/s1. The van der Waals surface area contributed by atoms with Crippen LogP contribution in [0.4, 0.5) is 0 Å². The van der Waals surface area contributed by atoms with Gasteiger partial charge in [0.05, 0.1) is 0 Å². The summed E-state index contributed by atoms with van der Waals surface area (Å²) in [6, 6.07) is -0.288. The van der Waals surface area contributed by atoms with E-state index in [1.165, 1.54) is 19.3 Å². The Morgan fingerprint density at radius 3 is 2.25 bits per heavy atom. The van der Waals surface area contributed by atoms with E-state index in [4.69, 9.17) is 0 Å². The van der Waals surface area contributed by atoms with Crippen LogP contribution in [0.15, 0.2) is 0 Å². The zero-order valence-electron chi connectivity index (χ0n) is 12.0. The van der Waals surface area contributed by atoms with Gasteiger partial charge in [0.25, 0.3) is 0 Å². The molecule has 5 rings (SSSR count). The van der Waals surface area contributed by atoms with Crippen molar-refractivity contribution in [2.75, 3.05) is 6.54 Å². The van der Waals surface area contributed by atoms with Crippen molar-refractivity contribution in [1.82, 2.24) is 10.6 Å². The molecule has 4 aliphatic carbocycles. The first-order valence-electron chi connectivity index (χ1n) is 8.23. The van der Waals surface area contributed by atoms with Crippen LogP contribution >= 0.6 is 0 Å². The smallest absolute Gasteiger partial charge is 0.242 e. The van der Waals surface area contributed by atoms with Gasteiger partial charge in [-0.2, -0.15) is 0 Å². The third kappa shape index (κ3) is 1.95. The largest absolute Gasteiger partial charge is 0.354 e. The molecule has 4 nitrogen and oxygen atoms in total. The summed E-state index contributed by atoms with van der Waals surface area (Å²) >= 11 is 0. The Balaban J connectivity index is 1.49. The lowest BCUT2D eigenvalue weighted by molar-refractivity contribution is -0.148. The highest BCUT2D eigenvalue weighted by Crippen LogP contribution is 2.60. The number of hydrogen-bond donors (Lipinski definition) is 2. The van der Waals surface area contributed by atoms with E-state index in [9.17, 15) is 9.59 Å². The molecule has 0 spiro atoms. The van der Waals surface area contributed by atoms with Crippen LogP contribution in [0.5, 0.6) is 0 Å². The molecule has 1 aliphatic heterocycles. The van der Waals surface area contributed by atoms with E-state index in [1.54, 1.807) is 0 Å². The molecule has 4 heteroatoms. The van der Waals surface area contributed by atoms with Crippen molar-refractivity contribution >= 4 is 11.8 Å². The zero-order valence-corrected chi connectivity index (χ0v) is 12.0. The van der Waals surface area contributed by atoms with Crippen LogP contribution in [0.1, 0.15) is 51.4 Å². The summed E-state index contributed by atoms with van der Waals surface area (Å²) in [5.74, 6) is 2.50. The highest BCUT2D eigenvalue weighted by molar-refractivity contribution is 5.90. The third-order valence-electron chi connectivity index (χ3n) is 6.11. The zero-order chi connectivity index (χ0) is 13.7. The normalized spacial score (nSPS) is 46.1. The predicted molar refractivity (Wildman–Crippen MR) is 74.8 cm³/mol. The van der Waals surface area contributed by atoms with Crippen molar-refractivity contribution in [3.8, 4) is 0 Å². The van der Waals surface area contributed by atoms with Crippen molar-refractivity contribution in [3.05, 3.63) is 0 Å². The Hall–Kier alpha value is -1.06. The van der Waals surface area contributed by atoms with Gasteiger partial charge in [0.2, 0.25) is 11.8 Å². The predicted octanol–water partition coefficient (Wildman–Crippen LogP) is 1.60. The second-order valence-corrected chi connectivity index (χ2v) is 7.66. The molecule has 20 heavy (non-hydrogen) atoms. The Labute approximate surface area is 120 Å². The van der Waals surface area contributed by atoms with Gasteiger partial charge in [-0.1, -0.05) is 0 Å². The highest BCUT2D eigenvalue weighted by Gasteiger charge is 2.54. The molecule has 0 aromatic heterocycles. The van der Waals surface area contributed by atoms with Gasteiger partial charge < -0.3 is 10.6 Å². The van der Waals surface area contributed by atoms with Crippen molar-refractivity contribution in [3.63, 3.8) is 0 Å². The number of amides is 2. The first-order valence-corrected chi connectivity index (χ1v) is 8.23. The average Bonchev–Trinajstić information content (AvgIpc) is 2.40. The lowest BCUT2D eigenvalue weighted by Crippen LogP contribution is -2.58. The van der Waals surface area contributed by atoms with Gasteiger partial charge in [0.1, 0.15) is 6.04 Å². The van der Waals surface area contributed by atoms with Crippen molar-refractivity contribution in [2.45, 2.75) is 57.4 Å². The maximum absolute atomic E-state index is 12.8. The molecule has 4 bridgehead atoms. The number of hydrogen-bond acceptors (Lipinski definition) is 2. The minimum absolute atomic E-state index is 0.00864. The molecule has 5 fully saturated rings. The number of carbonyl (C=O) groups is 2. The van der Waals surface area contributed by atoms with E-state index in [1.807, 2.05) is 0 Å². The Morgan fingerprint density at radius 2 is 1.70 bits per heavy atom. The Bertz CT molecular complexity index is 410. The van der Waals surface area contributed by atoms with Gasteiger partial charge in [-0.25, -0.2) is 0 Å². The maximum Gasteiger partial charge on any atom is 0.242 e. The third-order valence-corrected chi connectivity index (χ3v) is 6.11. The van der Waals surface area contributed by atoms with E-state index in [2.05, 4.69) is 10.6 Å². The van der Waals surface area contributed by atoms with E-state index in [0.717, 1.165) is 56.4 Å². The molecule has 4 saturated carbocycles. The monoisotopic (exact) mass is 276 g/mol.